The summed E-state index contributed by atoms with van der Waals surface area (Å²) in [6.45, 7) is 3.41. The number of benzene rings is 1. The minimum atomic E-state index is -1.41. The number of nitrogens with zero attached hydrogens (tertiary/aromatic N) is 1. The van der Waals surface area contributed by atoms with Crippen molar-refractivity contribution in [3.8, 4) is 0 Å². The molecule has 22 heavy (non-hydrogen) atoms. The summed E-state index contributed by atoms with van der Waals surface area (Å²) in [5.41, 5.74) is 0.800. The fourth-order valence-corrected chi connectivity index (χ4v) is 5.16. The Kier molecular flexibility index (Phi) is 5.08. The third-order valence-corrected chi connectivity index (χ3v) is 6.41. The van der Waals surface area contributed by atoms with E-state index in [4.69, 9.17) is 0 Å². The van der Waals surface area contributed by atoms with Crippen LogP contribution in [0.25, 0.3) is 10.2 Å². The molecule has 1 aromatic heterocycles. The maximum Gasteiger partial charge on any atom is 0.321 e. The van der Waals surface area contributed by atoms with E-state index in [2.05, 4.69) is 4.98 Å². The number of hydrogen-bond acceptors (Lipinski definition) is 5. The average Bonchev–Trinajstić information content (AvgIpc) is 2.88. The maximum absolute atomic E-state index is 11.9. The molecule has 2 rings (SSSR count). The summed E-state index contributed by atoms with van der Waals surface area (Å²) >= 11 is 2.45. The van der Waals surface area contributed by atoms with Crippen LogP contribution in [0.5, 0.6) is 0 Å². The molecule has 7 heteroatoms. The van der Waals surface area contributed by atoms with Gasteiger partial charge in [-0.25, -0.2) is 4.98 Å². The van der Waals surface area contributed by atoms with E-state index >= 15 is 0 Å². The van der Waals surface area contributed by atoms with Crippen molar-refractivity contribution in [1.29, 1.82) is 0 Å². The number of fused-ring (bicyclic) bond motifs is 1. The van der Waals surface area contributed by atoms with Crippen LogP contribution in [0.4, 0.5) is 0 Å². The second-order valence-electron chi connectivity index (χ2n) is 4.90. The predicted molar refractivity (Wildman–Crippen MR) is 87.6 cm³/mol. The van der Waals surface area contributed by atoms with E-state index in [0.717, 1.165) is 22.0 Å². The molecule has 0 saturated carbocycles. The zero-order valence-corrected chi connectivity index (χ0v) is 13.9. The fraction of sp³-hybridized carbons (Fsp3) is 0.400. The molecule has 0 saturated heterocycles. The minimum absolute atomic E-state index is 0.216. The zero-order chi connectivity index (χ0) is 16.3. The molecule has 0 amide bonds. The molecule has 2 N–H and O–H groups in total. The predicted octanol–water partition coefficient (Wildman–Crippen LogP) is 3.73. The Hall–Kier alpha value is -1.60. The monoisotopic (exact) mass is 339 g/mol. The molecule has 1 aromatic carbocycles. The number of carbonyl (C=O) groups is 2. The number of para-hydroxylation sites is 1. The first-order chi connectivity index (χ1) is 10.4. The highest BCUT2D eigenvalue weighted by Crippen LogP contribution is 2.45. The van der Waals surface area contributed by atoms with Crippen LogP contribution in [0.1, 0.15) is 26.7 Å². The smallest absolute Gasteiger partial charge is 0.321 e. The van der Waals surface area contributed by atoms with Gasteiger partial charge in [-0.2, -0.15) is 0 Å². The van der Waals surface area contributed by atoms with Crippen molar-refractivity contribution in [2.24, 2.45) is 5.92 Å². The number of carboxylic acid groups (broad SMARTS) is 2. The molecule has 0 aliphatic heterocycles. The zero-order valence-electron chi connectivity index (χ0n) is 12.3. The summed E-state index contributed by atoms with van der Waals surface area (Å²) in [7, 11) is 0. The highest BCUT2D eigenvalue weighted by Gasteiger charge is 2.49. The highest BCUT2D eigenvalue weighted by molar-refractivity contribution is 8.03. The van der Waals surface area contributed by atoms with E-state index in [-0.39, 0.29) is 12.8 Å². The Morgan fingerprint density at radius 1 is 1.32 bits per heavy atom. The Balaban J connectivity index is 2.45. The highest BCUT2D eigenvalue weighted by atomic mass is 32.2. The summed E-state index contributed by atoms with van der Waals surface area (Å²) in [4.78, 5) is 27.8. The van der Waals surface area contributed by atoms with Gasteiger partial charge in [-0.3, -0.25) is 9.59 Å². The number of hydrogen-bond donors (Lipinski definition) is 2. The van der Waals surface area contributed by atoms with Gasteiger partial charge in [-0.15, -0.1) is 11.3 Å². The standard InChI is InChI=1S/C15H17NO4S2/c1-3-9(12(17)18)15(4-2,13(19)20)22-14-16-10-7-5-6-8-11(10)21-14/h5-9H,3-4H2,1-2H3,(H,17,18)(H,19,20). The molecular weight excluding hydrogens is 322 g/mol. The van der Waals surface area contributed by atoms with Gasteiger partial charge in [0.2, 0.25) is 0 Å². The summed E-state index contributed by atoms with van der Waals surface area (Å²) in [6, 6.07) is 7.54. The minimum Gasteiger partial charge on any atom is -0.481 e. The second-order valence-corrected chi connectivity index (χ2v) is 7.51. The number of carboxylic acids is 2. The van der Waals surface area contributed by atoms with Gasteiger partial charge < -0.3 is 10.2 Å². The van der Waals surface area contributed by atoms with Gasteiger partial charge in [-0.1, -0.05) is 37.7 Å². The van der Waals surface area contributed by atoms with Gasteiger partial charge >= 0.3 is 11.9 Å². The van der Waals surface area contributed by atoms with Gasteiger partial charge in [0, 0.05) is 0 Å². The molecular formula is C15H17NO4S2. The number of thiazole rings is 1. The van der Waals surface area contributed by atoms with Crippen LogP contribution in [-0.2, 0) is 9.59 Å². The number of aromatic nitrogens is 1. The Morgan fingerprint density at radius 2 is 2.00 bits per heavy atom. The Bertz CT molecular complexity index is 667. The van der Waals surface area contributed by atoms with Crippen molar-refractivity contribution < 1.29 is 19.8 Å². The van der Waals surface area contributed by atoms with Gasteiger partial charge in [0.15, 0.2) is 4.34 Å². The molecule has 0 spiro atoms. The molecule has 0 aliphatic rings. The summed E-state index contributed by atoms with van der Waals surface area (Å²) < 4.78 is 0.142. The molecule has 118 valence electrons. The van der Waals surface area contributed by atoms with E-state index in [1.165, 1.54) is 11.3 Å². The van der Waals surface area contributed by atoms with Crippen LogP contribution in [0.3, 0.4) is 0 Å². The van der Waals surface area contributed by atoms with Crippen LogP contribution in [0.2, 0.25) is 0 Å². The lowest BCUT2D eigenvalue weighted by atomic mass is 9.87. The number of aliphatic carboxylic acids is 2. The third-order valence-electron chi connectivity index (χ3n) is 3.70. The van der Waals surface area contributed by atoms with Crippen LogP contribution in [0.15, 0.2) is 28.6 Å². The Morgan fingerprint density at radius 3 is 2.50 bits per heavy atom. The molecule has 1 heterocycles. The van der Waals surface area contributed by atoms with Crippen molar-refractivity contribution >= 4 is 45.3 Å². The van der Waals surface area contributed by atoms with Crippen LogP contribution in [-0.4, -0.2) is 31.9 Å². The summed E-state index contributed by atoms with van der Waals surface area (Å²) in [5.74, 6) is -3.15. The topological polar surface area (TPSA) is 87.5 Å². The number of rotatable bonds is 7. The van der Waals surface area contributed by atoms with Crippen LogP contribution < -0.4 is 0 Å². The van der Waals surface area contributed by atoms with Gasteiger partial charge in [0.05, 0.1) is 16.1 Å². The van der Waals surface area contributed by atoms with E-state index < -0.39 is 22.6 Å². The van der Waals surface area contributed by atoms with E-state index in [0.29, 0.717) is 4.34 Å². The number of thioether (sulfide) groups is 1. The van der Waals surface area contributed by atoms with Crippen molar-refractivity contribution in [2.45, 2.75) is 35.8 Å². The first-order valence-electron chi connectivity index (χ1n) is 6.95. The molecule has 0 aliphatic carbocycles. The van der Waals surface area contributed by atoms with Crippen molar-refractivity contribution in [1.82, 2.24) is 4.98 Å². The lowest BCUT2D eigenvalue weighted by molar-refractivity contribution is -0.151. The quantitative estimate of drug-likeness (QED) is 0.747. The molecule has 0 radical (unpaired) electrons. The van der Waals surface area contributed by atoms with E-state index in [9.17, 15) is 19.8 Å². The molecule has 5 nitrogen and oxygen atoms in total. The van der Waals surface area contributed by atoms with Crippen molar-refractivity contribution in [3.05, 3.63) is 24.3 Å². The van der Waals surface area contributed by atoms with Gasteiger partial charge in [-0.05, 0) is 25.0 Å². The first-order valence-corrected chi connectivity index (χ1v) is 8.58. The molecule has 2 aromatic rings. The lowest BCUT2D eigenvalue weighted by Gasteiger charge is -2.31. The van der Waals surface area contributed by atoms with Crippen LogP contribution in [0, 0.1) is 5.92 Å². The molecule has 0 fully saturated rings. The first kappa shape index (κ1) is 16.8. The summed E-state index contributed by atoms with van der Waals surface area (Å²) in [5, 5.41) is 19.1. The van der Waals surface area contributed by atoms with E-state index in [1.807, 2.05) is 24.3 Å². The second kappa shape index (κ2) is 6.66. The SMILES string of the molecule is CCC(C(=O)O)C(CC)(Sc1nc2ccccc2s1)C(=O)O. The normalized spacial score (nSPS) is 15.4. The van der Waals surface area contributed by atoms with E-state index in [1.54, 1.807) is 13.8 Å². The van der Waals surface area contributed by atoms with Gasteiger partial charge in [0.25, 0.3) is 0 Å². The average molecular weight is 339 g/mol. The molecule has 2 atom stereocenters. The molecule has 2 unspecified atom stereocenters. The fourth-order valence-electron chi connectivity index (χ4n) is 2.49. The van der Waals surface area contributed by atoms with Crippen molar-refractivity contribution in [3.63, 3.8) is 0 Å². The molecule has 0 bridgehead atoms. The summed E-state index contributed by atoms with van der Waals surface area (Å²) in [6.07, 6.45) is 0.473. The van der Waals surface area contributed by atoms with Crippen molar-refractivity contribution in [2.75, 3.05) is 0 Å². The van der Waals surface area contributed by atoms with Crippen LogP contribution >= 0.6 is 23.1 Å². The van der Waals surface area contributed by atoms with Gasteiger partial charge in [0.1, 0.15) is 4.75 Å². The lowest BCUT2D eigenvalue weighted by Crippen LogP contribution is -2.45. The largest absolute Gasteiger partial charge is 0.481 e. The maximum atomic E-state index is 11.9. The Labute approximate surface area is 136 Å². The third kappa shape index (κ3) is 2.96.